The maximum atomic E-state index is 12.0. The first-order chi connectivity index (χ1) is 10.3. The molecule has 0 bridgehead atoms. The largest absolute Gasteiger partial charge is 0.503 e. The summed E-state index contributed by atoms with van der Waals surface area (Å²) in [4.78, 5) is 12.0. The predicted molar refractivity (Wildman–Crippen MR) is 95.1 cm³/mol. The van der Waals surface area contributed by atoms with E-state index in [1.807, 2.05) is 0 Å². The molecule has 0 fully saturated rings. The molecule has 1 aromatic rings. The van der Waals surface area contributed by atoms with Crippen molar-refractivity contribution in [2.24, 2.45) is 0 Å². The molecule has 2 rings (SSSR count). The van der Waals surface area contributed by atoms with E-state index in [0.29, 0.717) is 31.1 Å². The highest BCUT2D eigenvalue weighted by Crippen LogP contribution is 2.45. The minimum atomic E-state index is -0.438. The van der Waals surface area contributed by atoms with Gasteiger partial charge >= 0.3 is 0 Å². The molecule has 0 radical (unpaired) electrons. The first-order valence-electron chi connectivity index (χ1n) is 6.32. The van der Waals surface area contributed by atoms with Gasteiger partial charge in [0.15, 0.2) is 22.4 Å². The Morgan fingerprint density at radius 3 is 2.59 bits per heavy atom. The summed E-state index contributed by atoms with van der Waals surface area (Å²) < 4.78 is 6.26. The van der Waals surface area contributed by atoms with Crippen molar-refractivity contribution in [2.75, 3.05) is 7.11 Å². The number of methoxy groups -OCH3 is 1. The molecule has 118 valence electrons. The van der Waals surface area contributed by atoms with Crippen LogP contribution in [-0.4, -0.2) is 23.1 Å². The second kappa shape index (κ2) is 6.55. The van der Waals surface area contributed by atoms with E-state index in [-0.39, 0.29) is 11.5 Å². The average Bonchev–Trinajstić information content (AvgIpc) is 2.43. The molecule has 22 heavy (non-hydrogen) atoms. The molecule has 0 unspecified atom stereocenters. The molecule has 0 aromatic heterocycles. The number of carbonyl (C=O) groups is 1. The molecule has 3 N–H and O–H groups in total. The van der Waals surface area contributed by atoms with Crippen LogP contribution in [0.3, 0.4) is 0 Å². The van der Waals surface area contributed by atoms with E-state index in [4.69, 9.17) is 17.0 Å². The Kier molecular flexibility index (Phi) is 5.14. The van der Waals surface area contributed by atoms with E-state index in [0.717, 1.165) is 5.56 Å². The van der Waals surface area contributed by atoms with Crippen LogP contribution in [0.4, 0.5) is 0 Å². The minimum absolute atomic E-state index is 0.0142. The average molecular weight is 450 g/mol. The van der Waals surface area contributed by atoms with E-state index < -0.39 is 6.04 Å². The number of phenols is 1. The zero-order valence-electron chi connectivity index (χ0n) is 12.1. The van der Waals surface area contributed by atoms with Gasteiger partial charge in [0.25, 0.3) is 0 Å². The fourth-order valence-electron chi connectivity index (χ4n) is 2.37. The molecule has 1 heterocycles. The van der Waals surface area contributed by atoms with Gasteiger partial charge in [-0.3, -0.25) is 4.79 Å². The summed E-state index contributed by atoms with van der Waals surface area (Å²) in [6.07, 6.45) is 0. The topological polar surface area (TPSA) is 70.6 Å². The van der Waals surface area contributed by atoms with Crippen molar-refractivity contribution in [3.05, 3.63) is 31.8 Å². The van der Waals surface area contributed by atoms with Crippen molar-refractivity contribution in [3.8, 4) is 11.5 Å². The van der Waals surface area contributed by atoms with Gasteiger partial charge in [0, 0.05) is 15.7 Å². The number of Topliss-reactive ketones (excluding diaryl/α,β-unsaturated/α-hetero) is 1. The van der Waals surface area contributed by atoms with Crippen molar-refractivity contribution < 1.29 is 14.6 Å². The molecule has 1 atom stereocenters. The number of phenolic OH excluding ortho intramolecular Hbond substituents is 1. The van der Waals surface area contributed by atoms with Gasteiger partial charge in [-0.05, 0) is 69.6 Å². The van der Waals surface area contributed by atoms with Gasteiger partial charge in [-0.15, -0.1) is 0 Å². The first-order valence-corrected chi connectivity index (χ1v) is 8.31. The Bertz CT molecular complexity index is 704. The van der Waals surface area contributed by atoms with E-state index in [1.54, 1.807) is 13.0 Å². The van der Waals surface area contributed by atoms with Crippen molar-refractivity contribution >= 4 is 55.0 Å². The molecule has 0 amide bonds. The molecule has 1 aliphatic rings. The molecule has 1 aromatic carbocycles. The highest BCUT2D eigenvalue weighted by Gasteiger charge is 2.31. The van der Waals surface area contributed by atoms with Crippen LogP contribution >= 0.6 is 44.1 Å². The lowest BCUT2D eigenvalue weighted by molar-refractivity contribution is -0.114. The summed E-state index contributed by atoms with van der Waals surface area (Å²) in [5, 5.41) is 16.5. The zero-order valence-corrected chi connectivity index (χ0v) is 16.1. The number of aromatic hydroxyl groups is 1. The second-order valence-electron chi connectivity index (χ2n) is 4.77. The molecule has 0 saturated heterocycles. The number of nitrogens with one attached hydrogen (secondary N) is 2. The van der Waals surface area contributed by atoms with Crippen LogP contribution in [0.2, 0.25) is 0 Å². The maximum absolute atomic E-state index is 12.0. The van der Waals surface area contributed by atoms with Crippen molar-refractivity contribution in [1.29, 1.82) is 0 Å². The Hall–Kier alpha value is -1.12. The van der Waals surface area contributed by atoms with Crippen LogP contribution in [-0.2, 0) is 4.79 Å². The molecule has 8 heteroatoms. The third-order valence-corrected chi connectivity index (χ3v) is 5.73. The minimum Gasteiger partial charge on any atom is -0.503 e. The molecular formula is C14H14Br2N2O3S. The number of ether oxygens (including phenoxy) is 1. The fraction of sp³-hybridized carbons (Fsp3) is 0.286. The van der Waals surface area contributed by atoms with Gasteiger partial charge in [-0.25, -0.2) is 0 Å². The fourth-order valence-corrected chi connectivity index (χ4v) is 3.60. The number of hydrogen-bond acceptors (Lipinski definition) is 4. The highest BCUT2D eigenvalue weighted by molar-refractivity contribution is 9.13. The summed E-state index contributed by atoms with van der Waals surface area (Å²) in [6, 6.07) is 1.23. The van der Waals surface area contributed by atoms with Crippen molar-refractivity contribution in [2.45, 2.75) is 19.9 Å². The summed E-state index contributed by atoms with van der Waals surface area (Å²) in [5.41, 5.74) is 2.01. The van der Waals surface area contributed by atoms with E-state index >= 15 is 0 Å². The third-order valence-electron chi connectivity index (χ3n) is 3.35. The Labute approximate surface area is 150 Å². The van der Waals surface area contributed by atoms with Crippen LogP contribution in [0, 0.1) is 0 Å². The number of halogens is 2. The smallest absolute Gasteiger partial charge is 0.173 e. The van der Waals surface area contributed by atoms with Gasteiger partial charge in [-0.2, -0.15) is 0 Å². The third kappa shape index (κ3) is 3.00. The monoisotopic (exact) mass is 448 g/mol. The molecule has 0 spiro atoms. The Balaban J connectivity index is 2.68. The number of hydrogen-bond donors (Lipinski definition) is 3. The van der Waals surface area contributed by atoms with Crippen LogP contribution in [0.15, 0.2) is 26.3 Å². The van der Waals surface area contributed by atoms with Gasteiger partial charge < -0.3 is 20.5 Å². The van der Waals surface area contributed by atoms with Gasteiger partial charge in [-0.1, -0.05) is 0 Å². The SMILES string of the molecule is COc1cc([C@H]2NC(=S)NC(C)=C2C(C)=O)c(Br)c(Br)c1O. The van der Waals surface area contributed by atoms with Crippen molar-refractivity contribution in [1.82, 2.24) is 10.6 Å². The van der Waals surface area contributed by atoms with E-state index in [9.17, 15) is 9.90 Å². The number of thiocarbonyl (C=S) groups is 1. The number of rotatable bonds is 3. The summed E-state index contributed by atoms with van der Waals surface area (Å²) >= 11 is 12.0. The molecule has 5 nitrogen and oxygen atoms in total. The first kappa shape index (κ1) is 17.2. The summed E-state index contributed by atoms with van der Waals surface area (Å²) in [6.45, 7) is 3.31. The molecular weight excluding hydrogens is 436 g/mol. The summed E-state index contributed by atoms with van der Waals surface area (Å²) in [5.74, 6) is 0.219. The maximum Gasteiger partial charge on any atom is 0.173 e. The lowest BCUT2D eigenvalue weighted by atomic mass is 9.93. The quantitative estimate of drug-likeness (QED) is 0.615. The highest BCUT2D eigenvalue weighted by atomic mass is 79.9. The number of carbonyl (C=O) groups excluding carboxylic acids is 1. The van der Waals surface area contributed by atoms with Gasteiger partial charge in [0.2, 0.25) is 0 Å². The molecule has 0 aliphatic carbocycles. The Morgan fingerprint density at radius 1 is 1.41 bits per heavy atom. The van der Waals surface area contributed by atoms with Crippen molar-refractivity contribution in [3.63, 3.8) is 0 Å². The number of benzene rings is 1. The molecule has 0 saturated carbocycles. The number of ketones is 1. The van der Waals surface area contributed by atoms with Crippen LogP contribution in [0.1, 0.15) is 25.5 Å². The Morgan fingerprint density at radius 2 is 2.05 bits per heavy atom. The van der Waals surface area contributed by atoms with Gasteiger partial charge in [0.05, 0.1) is 17.6 Å². The lowest BCUT2D eigenvalue weighted by Crippen LogP contribution is -2.44. The van der Waals surface area contributed by atoms with E-state index in [1.165, 1.54) is 14.0 Å². The number of allylic oxidation sites excluding steroid dienone is 1. The summed E-state index contributed by atoms with van der Waals surface area (Å²) in [7, 11) is 1.46. The van der Waals surface area contributed by atoms with E-state index in [2.05, 4.69) is 42.5 Å². The van der Waals surface area contributed by atoms with Crippen LogP contribution in [0.5, 0.6) is 11.5 Å². The van der Waals surface area contributed by atoms with Gasteiger partial charge in [0.1, 0.15) is 0 Å². The van der Waals surface area contributed by atoms with Crippen LogP contribution < -0.4 is 15.4 Å². The lowest BCUT2D eigenvalue weighted by Gasteiger charge is -2.31. The standard InChI is InChI=1S/C14H14Br2N2O3S/c1-5-9(6(2)19)12(18-14(22)17-5)7-4-8(21-3)13(20)11(16)10(7)15/h4,12,20H,1-3H3,(H2,17,18,22)/t12-/m1/s1. The molecule has 1 aliphatic heterocycles. The predicted octanol–water partition coefficient (Wildman–Crippen LogP) is 3.31. The van der Waals surface area contributed by atoms with Crippen LogP contribution in [0.25, 0.3) is 0 Å². The second-order valence-corrected chi connectivity index (χ2v) is 6.77. The zero-order chi connectivity index (χ0) is 16.6. The normalized spacial score (nSPS) is 17.9.